The molecule has 1 aliphatic carbocycles. The second-order valence-electron chi connectivity index (χ2n) is 4.04. The van der Waals surface area contributed by atoms with Crippen molar-refractivity contribution in [1.29, 1.82) is 0 Å². The Hall–Kier alpha value is -1.20. The van der Waals surface area contributed by atoms with Gasteiger partial charge in [0.25, 0.3) is 0 Å². The van der Waals surface area contributed by atoms with Crippen LogP contribution in [0.1, 0.15) is 32.1 Å². The lowest BCUT2D eigenvalue weighted by atomic mass is 9.74. The summed E-state index contributed by atoms with van der Waals surface area (Å²) < 4.78 is 0. The van der Waals surface area contributed by atoms with Crippen molar-refractivity contribution >= 4 is 0 Å². The Morgan fingerprint density at radius 1 is 0.929 bits per heavy atom. The molecule has 0 N–H and O–H groups in total. The van der Waals surface area contributed by atoms with E-state index < -0.39 is 15.3 Å². The topological polar surface area (TPSA) is 86.3 Å². The minimum absolute atomic E-state index is 0.256. The molecular formula is C8H14N2O4. The second kappa shape index (κ2) is 4.34. The van der Waals surface area contributed by atoms with E-state index in [1.165, 1.54) is 0 Å². The summed E-state index contributed by atoms with van der Waals surface area (Å²) in [6.07, 6.45) is 4.03. The molecule has 1 aliphatic rings. The Morgan fingerprint density at radius 2 is 1.36 bits per heavy atom. The maximum atomic E-state index is 10.4. The van der Waals surface area contributed by atoms with Crippen molar-refractivity contribution in [2.24, 2.45) is 5.41 Å². The summed E-state index contributed by atoms with van der Waals surface area (Å²) >= 11 is 0. The fourth-order valence-electron chi connectivity index (χ4n) is 2.22. The van der Waals surface area contributed by atoms with Crippen LogP contribution in [0.15, 0.2) is 0 Å². The van der Waals surface area contributed by atoms with Gasteiger partial charge in [-0.3, -0.25) is 20.2 Å². The van der Waals surface area contributed by atoms with E-state index in [2.05, 4.69) is 0 Å². The van der Waals surface area contributed by atoms with Crippen LogP contribution in [0.5, 0.6) is 0 Å². The van der Waals surface area contributed by atoms with E-state index in [0.717, 1.165) is 19.3 Å². The van der Waals surface area contributed by atoms with Gasteiger partial charge in [-0.2, -0.15) is 0 Å². The Balaban J connectivity index is 2.66. The zero-order chi connectivity index (χ0) is 10.6. The molecule has 0 aromatic carbocycles. The van der Waals surface area contributed by atoms with Gasteiger partial charge < -0.3 is 0 Å². The van der Waals surface area contributed by atoms with E-state index in [1.807, 2.05) is 0 Å². The maximum absolute atomic E-state index is 10.4. The van der Waals surface area contributed by atoms with E-state index in [-0.39, 0.29) is 13.1 Å². The molecule has 0 amide bonds. The molecule has 0 aromatic rings. The molecule has 80 valence electrons. The highest BCUT2D eigenvalue weighted by molar-refractivity contribution is 4.81. The first-order valence-electron chi connectivity index (χ1n) is 4.78. The zero-order valence-corrected chi connectivity index (χ0v) is 7.98. The van der Waals surface area contributed by atoms with E-state index in [1.54, 1.807) is 0 Å². The molecule has 6 nitrogen and oxygen atoms in total. The van der Waals surface area contributed by atoms with Crippen LogP contribution in [0.3, 0.4) is 0 Å². The lowest BCUT2D eigenvalue weighted by Gasteiger charge is -2.29. The van der Waals surface area contributed by atoms with E-state index in [9.17, 15) is 20.2 Å². The van der Waals surface area contributed by atoms with Crippen molar-refractivity contribution in [2.75, 3.05) is 13.1 Å². The van der Waals surface area contributed by atoms with Gasteiger partial charge in [0.15, 0.2) is 0 Å². The fourth-order valence-corrected chi connectivity index (χ4v) is 2.22. The summed E-state index contributed by atoms with van der Waals surface area (Å²) in [6, 6.07) is 0. The summed E-state index contributed by atoms with van der Waals surface area (Å²) in [5.41, 5.74) is -0.675. The predicted octanol–water partition coefficient (Wildman–Crippen LogP) is 1.49. The van der Waals surface area contributed by atoms with Crippen LogP contribution in [0.2, 0.25) is 0 Å². The largest absolute Gasteiger partial charge is 0.265 e. The quantitative estimate of drug-likeness (QED) is 0.510. The SMILES string of the molecule is O=[N+]([O-])CC1(C[N+](=O)[O-])CCCCC1. The number of hydrogen-bond donors (Lipinski definition) is 0. The molecule has 0 atom stereocenters. The van der Waals surface area contributed by atoms with Crippen molar-refractivity contribution in [3.63, 3.8) is 0 Å². The Labute approximate surface area is 81.6 Å². The predicted molar refractivity (Wildman–Crippen MR) is 49.2 cm³/mol. The molecule has 0 spiro atoms. The third kappa shape index (κ3) is 2.93. The van der Waals surface area contributed by atoms with Crippen molar-refractivity contribution in [3.8, 4) is 0 Å². The monoisotopic (exact) mass is 202 g/mol. The summed E-state index contributed by atoms with van der Waals surface area (Å²) in [5.74, 6) is 0. The average Bonchev–Trinajstić information content (AvgIpc) is 2.01. The third-order valence-corrected chi connectivity index (χ3v) is 2.84. The Kier molecular flexibility index (Phi) is 3.38. The van der Waals surface area contributed by atoms with Crippen LogP contribution in [0.25, 0.3) is 0 Å². The molecule has 0 bridgehead atoms. The van der Waals surface area contributed by atoms with Crippen molar-refractivity contribution in [2.45, 2.75) is 32.1 Å². The molecule has 0 aromatic heterocycles. The molecule has 0 aliphatic heterocycles. The van der Waals surface area contributed by atoms with Gasteiger partial charge in [-0.15, -0.1) is 0 Å². The highest BCUT2D eigenvalue weighted by atomic mass is 16.6. The second-order valence-corrected chi connectivity index (χ2v) is 4.04. The van der Waals surface area contributed by atoms with Crippen LogP contribution in [0, 0.1) is 25.6 Å². The van der Waals surface area contributed by atoms with Crippen LogP contribution in [-0.2, 0) is 0 Å². The van der Waals surface area contributed by atoms with Gasteiger partial charge >= 0.3 is 0 Å². The molecule has 1 rings (SSSR count). The minimum Gasteiger partial charge on any atom is -0.265 e. The van der Waals surface area contributed by atoms with Gasteiger partial charge in [0.2, 0.25) is 13.1 Å². The van der Waals surface area contributed by atoms with Crippen molar-refractivity contribution in [3.05, 3.63) is 20.2 Å². The molecule has 14 heavy (non-hydrogen) atoms. The normalized spacial score (nSPS) is 20.3. The van der Waals surface area contributed by atoms with Crippen molar-refractivity contribution in [1.82, 2.24) is 0 Å². The summed E-state index contributed by atoms with van der Waals surface area (Å²) in [6.45, 7) is -0.512. The van der Waals surface area contributed by atoms with Crippen LogP contribution in [0.4, 0.5) is 0 Å². The number of nitrogens with zero attached hydrogens (tertiary/aromatic N) is 2. The molecule has 1 fully saturated rings. The molecule has 0 heterocycles. The first kappa shape index (κ1) is 10.9. The standard InChI is InChI=1S/C8H14N2O4/c11-9(12)6-8(7-10(13)14)4-2-1-3-5-8/h1-7H2. The van der Waals surface area contributed by atoms with E-state index in [4.69, 9.17) is 0 Å². The van der Waals surface area contributed by atoms with Gasteiger partial charge in [0, 0.05) is 9.85 Å². The zero-order valence-electron chi connectivity index (χ0n) is 7.98. The average molecular weight is 202 g/mol. The van der Waals surface area contributed by atoms with Gasteiger partial charge in [0.1, 0.15) is 0 Å². The Bertz CT molecular complexity index is 217. The Morgan fingerprint density at radius 3 is 1.71 bits per heavy atom. The molecule has 6 heteroatoms. The van der Waals surface area contributed by atoms with Gasteiger partial charge in [-0.25, -0.2) is 0 Å². The van der Waals surface area contributed by atoms with Crippen LogP contribution in [-0.4, -0.2) is 22.9 Å². The van der Waals surface area contributed by atoms with Gasteiger partial charge in [-0.1, -0.05) is 19.3 Å². The maximum Gasteiger partial charge on any atom is 0.215 e. The molecule has 1 saturated carbocycles. The first-order valence-corrected chi connectivity index (χ1v) is 4.78. The van der Waals surface area contributed by atoms with Gasteiger partial charge in [0.05, 0.1) is 5.41 Å². The highest BCUT2D eigenvalue weighted by Gasteiger charge is 2.41. The first-order chi connectivity index (χ1) is 6.54. The minimum atomic E-state index is -0.675. The van der Waals surface area contributed by atoms with Crippen LogP contribution < -0.4 is 0 Å². The smallest absolute Gasteiger partial charge is 0.215 e. The number of nitro groups is 2. The fraction of sp³-hybridized carbons (Fsp3) is 1.00. The van der Waals surface area contributed by atoms with Gasteiger partial charge in [-0.05, 0) is 12.8 Å². The highest BCUT2D eigenvalue weighted by Crippen LogP contribution is 2.36. The summed E-state index contributed by atoms with van der Waals surface area (Å²) in [7, 11) is 0. The molecular weight excluding hydrogens is 188 g/mol. The number of rotatable bonds is 4. The third-order valence-electron chi connectivity index (χ3n) is 2.84. The summed E-state index contributed by atoms with van der Waals surface area (Å²) in [5, 5.41) is 20.9. The van der Waals surface area contributed by atoms with E-state index in [0.29, 0.717) is 12.8 Å². The molecule has 0 unspecified atom stereocenters. The summed E-state index contributed by atoms with van der Waals surface area (Å²) in [4.78, 5) is 20.0. The number of hydrogen-bond acceptors (Lipinski definition) is 4. The van der Waals surface area contributed by atoms with Crippen LogP contribution >= 0.6 is 0 Å². The lowest BCUT2D eigenvalue weighted by molar-refractivity contribution is -0.541. The molecule has 0 radical (unpaired) electrons. The van der Waals surface area contributed by atoms with Crippen molar-refractivity contribution < 1.29 is 9.85 Å². The van der Waals surface area contributed by atoms with E-state index >= 15 is 0 Å². The molecule has 0 saturated heterocycles. The lowest BCUT2D eigenvalue weighted by Crippen LogP contribution is -2.38.